The zero-order chi connectivity index (χ0) is 20.1. The van der Waals surface area contributed by atoms with Crippen LogP contribution in [-0.2, 0) is 19.3 Å². The van der Waals surface area contributed by atoms with E-state index in [1.807, 2.05) is 12.1 Å². The summed E-state index contributed by atoms with van der Waals surface area (Å²) in [5, 5.41) is 3.23. The van der Waals surface area contributed by atoms with E-state index in [-0.39, 0.29) is 5.89 Å². The van der Waals surface area contributed by atoms with Gasteiger partial charge < -0.3 is 19.2 Å². The summed E-state index contributed by atoms with van der Waals surface area (Å²) in [6.07, 6.45) is -2.89. The van der Waals surface area contributed by atoms with Gasteiger partial charge in [-0.15, -0.1) is 0 Å². The molecular formula is C20H19F3N2O3. The lowest BCUT2D eigenvalue weighted by Gasteiger charge is -2.10. The van der Waals surface area contributed by atoms with E-state index in [4.69, 9.17) is 13.9 Å². The highest BCUT2D eigenvalue weighted by Gasteiger charge is 2.30. The molecule has 1 aromatic heterocycles. The number of benzene rings is 2. The van der Waals surface area contributed by atoms with Crippen LogP contribution >= 0.6 is 0 Å². The first-order valence-corrected chi connectivity index (χ1v) is 8.44. The predicted molar refractivity (Wildman–Crippen MR) is 97.0 cm³/mol. The molecule has 5 nitrogen and oxygen atoms in total. The Morgan fingerprint density at radius 3 is 2.39 bits per heavy atom. The van der Waals surface area contributed by atoms with Crippen LogP contribution < -0.4 is 14.8 Å². The van der Waals surface area contributed by atoms with Gasteiger partial charge in [0, 0.05) is 30.3 Å². The number of oxazole rings is 1. The average Bonchev–Trinajstić information content (AvgIpc) is 3.16. The number of nitrogens with zero attached hydrogens (tertiary/aromatic N) is 1. The normalized spacial score (nSPS) is 11.5. The number of rotatable bonds is 7. The van der Waals surface area contributed by atoms with Gasteiger partial charge in [-0.1, -0.05) is 6.07 Å². The fourth-order valence-electron chi connectivity index (χ4n) is 2.65. The second kappa shape index (κ2) is 8.35. The van der Waals surface area contributed by atoms with Crippen molar-refractivity contribution in [2.24, 2.45) is 0 Å². The van der Waals surface area contributed by atoms with Gasteiger partial charge in [-0.05, 0) is 30.3 Å². The molecule has 0 radical (unpaired) electrons. The maximum absolute atomic E-state index is 12.6. The maximum Gasteiger partial charge on any atom is 0.416 e. The number of hydrogen-bond acceptors (Lipinski definition) is 5. The van der Waals surface area contributed by atoms with Crippen LogP contribution in [0.3, 0.4) is 0 Å². The van der Waals surface area contributed by atoms with E-state index in [1.165, 1.54) is 18.4 Å². The molecule has 0 saturated carbocycles. The molecule has 148 valence electrons. The Hall–Kier alpha value is -3.00. The molecular weight excluding hydrogens is 373 g/mol. The van der Waals surface area contributed by atoms with Gasteiger partial charge in [-0.3, -0.25) is 0 Å². The quantitative estimate of drug-likeness (QED) is 0.633. The van der Waals surface area contributed by atoms with Crippen molar-refractivity contribution in [1.29, 1.82) is 0 Å². The van der Waals surface area contributed by atoms with Gasteiger partial charge in [0.2, 0.25) is 5.89 Å². The molecule has 2 aromatic carbocycles. The lowest BCUT2D eigenvalue weighted by atomic mass is 10.1. The second-order valence-electron chi connectivity index (χ2n) is 6.00. The molecule has 8 heteroatoms. The average molecular weight is 392 g/mol. The third-order valence-corrected chi connectivity index (χ3v) is 4.13. The third-order valence-electron chi connectivity index (χ3n) is 4.13. The molecule has 0 saturated heterocycles. The van der Waals surface area contributed by atoms with E-state index in [0.29, 0.717) is 35.8 Å². The van der Waals surface area contributed by atoms with E-state index in [2.05, 4.69) is 10.3 Å². The zero-order valence-electron chi connectivity index (χ0n) is 15.3. The number of nitrogens with one attached hydrogen (secondary N) is 1. The summed E-state index contributed by atoms with van der Waals surface area (Å²) in [6.45, 7) is 0.967. The fraction of sp³-hybridized carbons (Fsp3) is 0.250. The number of ether oxygens (including phenoxy) is 2. The first-order chi connectivity index (χ1) is 13.4. The zero-order valence-corrected chi connectivity index (χ0v) is 15.3. The van der Waals surface area contributed by atoms with Gasteiger partial charge in [0.05, 0.1) is 25.5 Å². The van der Waals surface area contributed by atoms with Crippen LogP contribution in [0.5, 0.6) is 11.5 Å². The monoisotopic (exact) mass is 392 g/mol. The standard InChI is InChI=1S/C20H19F3N2O3/c1-26-17-8-5-14(18(9-17)27-2)10-24-11-16-12-28-19(25-16)13-3-6-15(7-4-13)20(21,22)23/h3-9,12,24H,10-11H2,1-2H3. The summed E-state index contributed by atoms with van der Waals surface area (Å²) >= 11 is 0. The highest BCUT2D eigenvalue weighted by molar-refractivity contribution is 5.54. The fourth-order valence-corrected chi connectivity index (χ4v) is 2.65. The molecule has 0 amide bonds. The molecule has 0 aliphatic rings. The molecule has 0 aliphatic heterocycles. The topological polar surface area (TPSA) is 56.5 Å². The number of methoxy groups -OCH3 is 2. The number of hydrogen-bond donors (Lipinski definition) is 1. The Labute approximate surface area is 160 Å². The highest BCUT2D eigenvalue weighted by atomic mass is 19.4. The summed E-state index contributed by atoms with van der Waals surface area (Å²) in [6, 6.07) is 10.2. The van der Waals surface area contributed by atoms with Crippen molar-refractivity contribution >= 4 is 0 Å². The molecule has 0 unspecified atom stereocenters. The van der Waals surface area contributed by atoms with Crippen LogP contribution in [0.25, 0.3) is 11.5 Å². The second-order valence-corrected chi connectivity index (χ2v) is 6.00. The highest BCUT2D eigenvalue weighted by Crippen LogP contribution is 2.31. The van der Waals surface area contributed by atoms with Crippen LogP contribution in [0, 0.1) is 0 Å². The molecule has 1 N–H and O–H groups in total. The van der Waals surface area contributed by atoms with Crippen LogP contribution in [0.4, 0.5) is 13.2 Å². The van der Waals surface area contributed by atoms with Gasteiger partial charge in [0.25, 0.3) is 0 Å². The third kappa shape index (κ3) is 4.64. The molecule has 3 aromatic rings. The van der Waals surface area contributed by atoms with Gasteiger partial charge in [-0.2, -0.15) is 13.2 Å². The Bertz CT molecular complexity index is 921. The van der Waals surface area contributed by atoms with Crippen LogP contribution in [0.2, 0.25) is 0 Å². The van der Waals surface area contributed by atoms with Crippen molar-refractivity contribution in [3.63, 3.8) is 0 Å². The number of halogens is 3. The van der Waals surface area contributed by atoms with E-state index in [0.717, 1.165) is 17.7 Å². The molecule has 0 bridgehead atoms. The lowest BCUT2D eigenvalue weighted by Crippen LogP contribution is -2.13. The predicted octanol–water partition coefficient (Wildman–Crippen LogP) is 4.67. The number of alkyl halides is 3. The Kier molecular flexibility index (Phi) is 5.89. The van der Waals surface area contributed by atoms with Crippen molar-refractivity contribution in [1.82, 2.24) is 10.3 Å². The van der Waals surface area contributed by atoms with Crippen LogP contribution in [0.15, 0.2) is 53.1 Å². The SMILES string of the molecule is COc1ccc(CNCc2coc(-c3ccc(C(F)(F)F)cc3)n2)c(OC)c1. The molecule has 0 spiro atoms. The summed E-state index contributed by atoms with van der Waals surface area (Å²) in [5.41, 5.74) is 1.37. The van der Waals surface area contributed by atoms with E-state index < -0.39 is 11.7 Å². The lowest BCUT2D eigenvalue weighted by molar-refractivity contribution is -0.137. The maximum atomic E-state index is 12.6. The van der Waals surface area contributed by atoms with Crippen molar-refractivity contribution in [2.75, 3.05) is 14.2 Å². The summed E-state index contributed by atoms with van der Waals surface area (Å²) in [4.78, 5) is 4.31. The van der Waals surface area contributed by atoms with Crippen molar-refractivity contribution in [3.05, 3.63) is 65.5 Å². The minimum atomic E-state index is -4.37. The molecule has 0 aliphatic carbocycles. The van der Waals surface area contributed by atoms with E-state index in [1.54, 1.807) is 20.3 Å². The van der Waals surface area contributed by atoms with Crippen LogP contribution in [0.1, 0.15) is 16.8 Å². The Morgan fingerprint density at radius 2 is 1.75 bits per heavy atom. The van der Waals surface area contributed by atoms with E-state index in [9.17, 15) is 13.2 Å². The summed E-state index contributed by atoms with van der Waals surface area (Å²) < 4.78 is 53.8. The summed E-state index contributed by atoms with van der Waals surface area (Å²) in [7, 11) is 3.18. The molecule has 3 rings (SSSR count). The van der Waals surface area contributed by atoms with Crippen molar-refractivity contribution in [3.8, 4) is 23.0 Å². The number of aromatic nitrogens is 1. The summed E-state index contributed by atoms with van der Waals surface area (Å²) in [5.74, 6) is 1.68. The first-order valence-electron chi connectivity index (χ1n) is 8.44. The van der Waals surface area contributed by atoms with Gasteiger partial charge >= 0.3 is 6.18 Å². The molecule has 1 heterocycles. The first kappa shape index (κ1) is 19.8. The molecule has 0 atom stereocenters. The van der Waals surface area contributed by atoms with Gasteiger partial charge in [-0.25, -0.2) is 4.98 Å². The van der Waals surface area contributed by atoms with Gasteiger partial charge in [0.1, 0.15) is 17.8 Å². The largest absolute Gasteiger partial charge is 0.497 e. The van der Waals surface area contributed by atoms with Crippen LogP contribution in [-0.4, -0.2) is 19.2 Å². The van der Waals surface area contributed by atoms with Gasteiger partial charge in [0.15, 0.2) is 0 Å². The Morgan fingerprint density at radius 1 is 1.00 bits per heavy atom. The Balaban J connectivity index is 1.61. The minimum absolute atomic E-state index is 0.271. The molecule has 0 fully saturated rings. The molecule has 28 heavy (non-hydrogen) atoms. The van der Waals surface area contributed by atoms with Crippen molar-refractivity contribution < 1.29 is 27.1 Å². The van der Waals surface area contributed by atoms with E-state index >= 15 is 0 Å². The minimum Gasteiger partial charge on any atom is -0.497 e. The smallest absolute Gasteiger partial charge is 0.416 e. The van der Waals surface area contributed by atoms with Crippen molar-refractivity contribution in [2.45, 2.75) is 19.3 Å².